The molecule has 0 saturated heterocycles. The fourth-order valence-corrected chi connectivity index (χ4v) is 2.99. The highest BCUT2D eigenvalue weighted by Gasteiger charge is 2.10. The van der Waals surface area contributed by atoms with Crippen LogP contribution in [0.4, 0.5) is 0 Å². The lowest BCUT2D eigenvalue weighted by molar-refractivity contribution is -0.120. The van der Waals surface area contributed by atoms with Gasteiger partial charge in [0.1, 0.15) is 5.78 Å². The highest BCUT2D eigenvalue weighted by molar-refractivity contribution is 5.79. The second-order valence-electron chi connectivity index (χ2n) is 7.01. The summed E-state index contributed by atoms with van der Waals surface area (Å²) in [7, 11) is 0. The number of hydrogen-bond donors (Lipinski definition) is 2. The number of carbonyl (C=O) groups is 2. The van der Waals surface area contributed by atoms with Crippen molar-refractivity contribution >= 4 is 11.7 Å². The Labute approximate surface area is 149 Å². The third-order valence-corrected chi connectivity index (χ3v) is 4.60. The van der Waals surface area contributed by atoms with Crippen molar-refractivity contribution in [2.24, 2.45) is 5.73 Å². The van der Waals surface area contributed by atoms with Gasteiger partial charge in [-0.1, -0.05) is 71.1 Å². The first kappa shape index (κ1) is 23.1. The molecule has 0 fully saturated rings. The lowest BCUT2D eigenvalue weighted by Gasteiger charge is -2.12. The van der Waals surface area contributed by atoms with Crippen LogP contribution in [-0.2, 0) is 9.59 Å². The standard InChI is InChI=1S/C20H40N2O2/c1-3-19(20(21)24)22-17-15-13-11-9-7-5-4-6-8-10-12-14-16-18(2)23/h19,22H,3-17H2,1-2H3,(H2,21,24)/t19-/m0/s1. The van der Waals surface area contributed by atoms with E-state index in [0.717, 1.165) is 32.2 Å². The van der Waals surface area contributed by atoms with Crippen LogP contribution in [-0.4, -0.2) is 24.3 Å². The molecule has 0 aliphatic rings. The lowest BCUT2D eigenvalue weighted by atomic mass is 10.0. The number of amides is 1. The van der Waals surface area contributed by atoms with E-state index in [1.165, 1.54) is 64.2 Å². The van der Waals surface area contributed by atoms with Crippen LogP contribution in [0.25, 0.3) is 0 Å². The van der Waals surface area contributed by atoms with Crippen molar-refractivity contribution in [3.63, 3.8) is 0 Å². The largest absolute Gasteiger partial charge is 0.368 e. The van der Waals surface area contributed by atoms with Crippen LogP contribution < -0.4 is 11.1 Å². The van der Waals surface area contributed by atoms with Gasteiger partial charge in [-0.25, -0.2) is 0 Å². The van der Waals surface area contributed by atoms with Gasteiger partial charge in [0.2, 0.25) is 5.91 Å². The average molecular weight is 341 g/mol. The van der Waals surface area contributed by atoms with Crippen molar-refractivity contribution in [2.45, 2.75) is 110 Å². The molecular weight excluding hydrogens is 300 g/mol. The quantitative estimate of drug-likeness (QED) is 0.361. The number of unbranched alkanes of at least 4 members (excludes halogenated alkanes) is 11. The number of primary amides is 1. The highest BCUT2D eigenvalue weighted by Crippen LogP contribution is 2.12. The minimum absolute atomic E-state index is 0.160. The number of nitrogens with two attached hydrogens (primary N) is 1. The topological polar surface area (TPSA) is 72.2 Å². The van der Waals surface area contributed by atoms with Crippen LogP contribution in [0.1, 0.15) is 104 Å². The zero-order chi connectivity index (χ0) is 18.0. The minimum atomic E-state index is -0.239. The Morgan fingerprint density at radius 3 is 1.58 bits per heavy atom. The van der Waals surface area contributed by atoms with Gasteiger partial charge >= 0.3 is 0 Å². The van der Waals surface area contributed by atoms with E-state index < -0.39 is 0 Å². The van der Waals surface area contributed by atoms with Gasteiger partial charge in [0.25, 0.3) is 0 Å². The second-order valence-corrected chi connectivity index (χ2v) is 7.01. The minimum Gasteiger partial charge on any atom is -0.368 e. The van der Waals surface area contributed by atoms with Crippen molar-refractivity contribution in [3.8, 4) is 0 Å². The molecule has 4 heteroatoms. The third-order valence-electron chi connectivity index (χ3n) is 4.60. The summed E-state index contributed by atoms with van der Waals surface area (Å²) in [5.41, 5.74) is 5.30. The van der Waals surface area contributed by atoms with Crippen molar-refractivity contribution in [1.82, 2.24) is 5.32 Å². The lowest BCUT2D eigenvalue weighted by Crippen LogP contribution is -2.41. The van der Waals surface area contributed by atoms with Gasteiger partial charge in [-0.15, -0.1) is 0 Å². The van der Waals surface area contributed by atoms with E-state index in [-0.39, 0.29) is 11.9 Å². The molecule has 0 heterocycles. The Balaban J connectivity index is 3.15. The highest BCUT2D eigenvalue weighted by atomic mass is 16.1. The van der Waals surface area contributed by atoms with E-state index in [9.17, 15) is 9.59 Å². The normalized spacial score (nSPS) is 12.2. The van der Waals surface area contributed by atoms with E-state index in [4.69, 9.17) is 5.73 Å². The van der Waals surface area contributed by atoms with Gasteiger partial charge in [0.05, 0.1) is 6.04 Å². The Kier molecular flexibility index (Phi) is 16.3. The van der Waals surface area contributed by atoms with E-state index in [1.54, 1.807) is 6.92 Å². The summed E-state index contributed by atoms with van der Waals surface area (Å²) in [5, 5.41) is 3.22. The summed E-state index contributed by atoms with van der Waals surface area (Å²) < 4.78 is 0. The van der Waals surface area contributed by atoms with Gasteiger partial charge in [-0.3, -0.25) is 4.79 Å². The fraction of sp³-hybridized carbons (Fsp3) is 0.900. The number of rotatable bonds is 18. The van der Waals surface area contributed by atoms with Crippen molar-refractivity contribution in [3.05, 3.63) is 0 Å². The molecule has 0 aliphatic carbocycles. The summed E-state index contributed by atoms with van der Waals surface area (Å²) >= 11 is 0. The summed E-state index contributed by atoms with van der Waals surface area (Å²) in [6, 6.07) is -0.160. The van der Waals surface area contributed by atoms with Crippen LogP contribution in [0.2, 0.25) is 0 Å². The molecule has 24 heavy (non-hydrogen) atoms. The second kappa shape index (κ2) is 16.9. The molecular formula is C20H40N2O2. The monoisotopic (exact) mass is 340 g/mol. The van der Waals surface area contributed by atoms with Crippen LogP contribution >= 0.6 is 0 Å². The number of hydrogen-bond acceptors (Lipinski definition) is 3. The SMILES string of the molecule is CC[C@H](NCCCCCCCCCCCCCCC(C)=O)C(N)=O. The van der Waals surface area contributed by atoms with Crippen molar-refractivity contribution < 1.29 is 9.59 Å². The van der Waals surface area contributed by atoms with Gasteiger partial charge in [0.15, 0.2) is 0 Å². The maximum atomic E-state index is 11.1. The van der Waals surface area contributed by atoms with E-state index in [1.807, 2.05) is 6.92 Å². The fourth-order valence-electron chi connectivity index (χ4n) is 2.99. The molecule has 142 valence electrons. The van der Waals surface area contributed by atoms with Gasteiger partial charge in [-0.05, 0) is 32.7 Å². The third kappa shape index (κ3) is 16.0. The number of Topliss-reactive ketones (excluding diaryl/α,β-unsaturated/α-hetero) is 1. The van der Waals surface area contributed by atoms with Gasteiger partial charge in [0, 0.05) is 6.42 Å². The zero-order valence-corrected chi connectivity index (χ0v) is 16.1. The summed E-state index contributed by atoms with van der Waals surface area (Å²) in [4.78, 5) is 21.9. The molecule has 0 radical (unpaired) electrons. The first-order valence-electron chi connectivity index (χ1n) is 10.1. The van der Waals surface area contributed by atoms with E-state index in [2.05, 4.69) is 5.32 Å². The molecule has 0 aromatic heterocycles. The van der Waals surface area contributed by atoms with Crippen molar-refractivity contribution in [1.29, 1.82) is 0 Å². The Morgan fingerprint density at radius 2 is 1.21 bits per heavy atom. The maximum absolute atomic E-state index is 11.1. The molecule has 0 aromatic rings. The zero-order valence-electron chi connectivity index (χ0n) is 16.1. The molecule has 1 atom stereocenters. The Morgan fingerprint density at radius 1 is 0.792 bits per heavy atom. The summed E-state index contributed by atoms with van der Waals surface area (Å²) in [5.74, 6) is 0.0835. The molecule has 0 saturated carbocycles. The molecule has 1 amide bonds. The Hall–Kier alpha value is -0.900. The predicted octanol–water partition coefficient (Wildman–Crippen LogP) is 4.50. The molecule has 4 nitrogen and oxygen atoms in total. The molecule has 0 unspecified atom stereocenters. The van der Waals surface area contributed by atoms with Crippen LogP contribution in [0, 0.1) is 0 Å². The van der Waals surface area contributed by atoms with E-state index >= 15 is 0 Å². The first-order chi connectivity index (χ1) is 11.6. The van der Waals surface area contributed by atoms with Crippen molar-refractivity contribution in [2.75, 3.05) is 6.54 Å². The first-order valence-corrected chi connectivity index (χ1v) is 10.1. The smallest absolute Gasteiger partial charge is 0.234 e. The predicted molar refractivity (Wildman–Crippen MR) is 102 cm³/mol. The van der Waals surface area contributed by atoms with Crippen LogP contribution in [0.3, 0.4) is 0 Å². The number of nitrogens with one attached hydrogen (secondary N) is 1. The molecule has 3 N–H and O–H groups in total. The number of carbonyl (C=O) groups excluding carboxylic acids is 2. The van der Waals surface area contributed by atoms with Gasteiger partial charge < -0.3 is 15.8 Å². The average Bonchev–Trinajstić information content (AvgIpc) is 2.54. The van der Waals surface area contributed by atoms with E-state index in [0.29, 0.717) is 5.78 Å². The molecule has 0 bridgehead atoms. The van der Waals surface area contributed by atoms with Crippen LogP contribution in [0.5, 0.6) is 0 Å². The van der Waals surface area contributed by atoms with Gasteiger partial charge in [-0.2, -0.15) is 0 Å². The summed E-state index contributed by atoms with van der Waals surface area (Å²) in [6.07, 6.45) is 16.8. The van der Waals surface area contributed by atoms with Crippen LogP contribution in [0.15, 0.2) is 0 Å². The molecule has 0 rings (SSSR count). The molecule has 0 aliphatic heterocycles. The Bertz CT molecular complexity index is 319. The number of ketones is 1. The molecule has 0 aromatic carbocycles. The maximum Gasteiger partial charge on any atom is 0.234 e. The molecule has 0 spiro atoms. The summed E-state index contributed by atoms with van der Waals surface area (Å²) in [6.45, 7) is 4.55.